The maximum absolute atomic E-state index is 12.3. The highest BCUT2D eigenvalue weighted by atomic mass is 16.5. The zero-order chi connectivity index (χ0) is 17.0. The van der Waals surface area contributed by atoms with E-state index < -0.39 is 0 Å². The van der Waals surface area contributed by atoms with E-state index in [0.29, 0.717) is 23.7 Å². The topological polar surface area (TPSA) is 88.2 Å². The summed E-state index contributed by atoms with van der Waals surface area (Å²) in [4.78, 5) is 16.4. The molecule has 1 atom stereocenters. The zero-order valence-corrected chi connectivity index (χ0v) is 14.0. The molecule has 0 fully saturated rings. The molecule has 0 aliphatic rings. The molecule has 1 aromatic heterocycles. The SMILES string of the molecule is Cc1noc(-c2ccc(C(=O)NC(CO)CC(C)(C)C)cc2)n1. The third-order valence-electron chi connectivity index (χ3n) is 3.34. The average molecular weight is 317 g/mol. The monoisotopic (exact) mass is 317 g/mol. The average Bonchev–Trinajstić information content (AvgIpc) is 2.92. The summed E-state index contributed by atoms with van der Waals surface area (Å²) in [5.74, 6) is 0.784. The number of carbonyl (C=O) groups is 1. The van der Waals surface area contributed by atoms with Crippen molar-refractivity contribution >= 4 is 5.91 Å². The molecule has 0 radical (unpaired) electrons. The molecular formula is C17H23N3O3. The number of aryl methyl sites for hydroxylation is 1. The van der Waals surface area contributed by atoms with Gasteiger partial charge in [-0.05, 0) is 43.0 Å². The molecule has 1 unspecified atom stereocenters. The van der Waals surface area contributed by atoms with Crippen molar-refractivity contribution in [2.45, 2.75) is 40.2 Å². The van der Waals surface area contributed by atoms with Crippen LogP contribution in [-0.2, 0) is 0 Å². The number of amides is 1. The Balaban J connectivity index is 2.05. The largest absolute Gasteiger partial charge is 0.394 e. The third-order valence-corrected chi connectivity index (χ3v) is 3.34. The maximum atomic E-state index is 12.3. The molecule has 0 bridgehead atoms. The maximum Gasteiger partial charge on any atom is 0.257 e. The van der Waals surface area contributed by atoms with Crippen LogP contribution in [-0.4, -0.2) is 33.8 Å². The minimum atomic E-state index is -0.263. The predicted molar refractivity (Wildman–Crippen MR) is 86.9 cm³/mol. The Morgan fingerprint density at radius 2 is 1.96 bits per heavy atom. The van der Waals surface area contributed by atoms with Gasteiger partial charge in [0.15, 0.2) is 5.82 Å². The van der Waals surface area contributed by atoms with E-state index in [-0.39, 0.29) is 24.0 Å². The van der Waals surface area contributed by atoms with E-state index in [1.165, 1.54) is 0 Å². The third kappa shape index (κ3) is 4.89. The van der Waals surface area contributed by atoms with Crippen molar-refractivity contribution < 1.29 is 14.4 Å². The molecule has 1 amide bonds. The highest BCUT2D eigenvalue weighted by Crippen LogP contribution is 2.21. The van der Waals surface area contributed by atoms with Gasteiger partial charge in [-0.1, -0.05) is 25.9 Å². The molecule has 0 aliphatic heterocycles. The lowest BCUT2D eigenvalue weighted by Crippen LogP contribution is -2.40. The van der Waals surface area contributed by atoms with Crippen molar-refractivity contribution in [1.82, 2.24) is 15.5 Å². The summed E-state index contributed by atoms with van der Waals surface area (Å²) >= 11 is 0. The van der Waals surface area contributed by atoms with E-state index in [1.54, 1.807) is 31.2 Å². The van der Waals surface area contributed by atoms with Gasteiger partial charge in [-0.2, -0.15) is 4.98 Å². The first kappa shape index (κ1) is 17.1. The highest BCUT2D eigenvalue weighted by molar-refractivity contribution is 5.94. The van der Waals surface area contributed by atoms with Crippen molar-refractivity contribution in [2.75, 3.05) is 6.61 Å². The van der Waals surface area contributed by atoms with Crippen LogP contribution in [0.5, 0.6) is 0 Å². The number of hydrogen-bond donors (Lipinski definition) is 2. The van der Waals surface area contributed by atoms with Gasteiger partial charge in [-0.3, -0.25) is 4.79 Å². The Bertz CT molecular complexity index is 656. The van der Waals surface area contributed by atoms with Gasteiger partial charge in [0.05, 0.1) is 12.6 Å². The van der Waals surface area contributed by atoms with Gasteiger partial charge < -0.3 is 14.9 Å². The van der Waals surface area contributed by atoms with Crippen LogP contribution in [0.15, 0.2) is 28.8 Å². The van der Waals surface area contributed by atoms with Crippen molar-refractivity contribution in [3.63, 3.8) is 0 Å². The van der Waals surface area contributed by atoms with Crippen LogP contribution < -0.4 is 5.32 Å². The van der Waals surface area contributed by atoms with Gasteiger partial charge in [0.1, 0.15) is 0 Å². The minimum Gasteiger partial charge on any atom is -0.394 e. The van der Waals surface area contributed by atoms with E-state index in [2.05, 4.69) is 36.2 Å². The number of benzene rings is 1. The number of carbonyl (C=O) groups excluding carboxylic acids is 1. The van der Waals surface area contributed by atoms with E-state index in [4.69, 9.17) is 4.52 Å². The molecule has 23 heavy (non-hydrogen) atoms. The summed E-state index contributed by atoms with van der Waals surface area (Å²) in [5, 5.41) is 16.0. The molecule has 1 aromatic carbocycles. The molecule has 0 saturated heterocycles. The molecule has 6 nitrogen and oxygen atoms in total. The van der Waals surface area contributed by atoms with E-state index >= 15 is 0 Å². The molecule has 0 saturated carbocycles. The summed E-state index contributed by atoms with van der Waals surface area (Å²) in [6.45, 7) is 7.89. The van der Waals surface area contributed by atoms with E-state index in [1.807, 2.05) is 0 Å². The number of rotatable bonds is 5. The Morgan fingerprint density at radius 1 is 1.30 bits per heavy atom. The Labute approximate surface area is 135 Å². The second kappa shape index (κ2) is 6.91. The van der Waals surface area contributed by atoms with Crippen LogP contribution in [0, 0.1) is 12.3 Å². The van der Waals surface area contributed by atoms with Crippen LogP contribution in [0.25, 0.3) is 11.5 Å². The zero-order valence-electron chi connectivity index (χ0n) is 14.0. The second-order valence-electron chi connectivity index (χ2n) is 6.84. The lowest BCUT2D eigenvalue weighted by molar-refractivity contribution is 0.0897. The number of aliphatic hydroxyl groups excluding tert-OH is 1. The van der Waals surface area contributed by atoms with Gasteiger partial charge in [0, 0.05) is 11.1 Å². The summed E-state index contributed by atoms with van der Waals surface area (Å²) in [7, 11) is 0. The fourth-order valence-corrected chi connectivity index (χ4v) is 2.35. The van der Waals surface area contributed by atoms with Gasteiger partial charge in [-0.25, -0.2) is 0 Å². The standard InChI is InChI=1S/C17H23N3O3/c1-11-18-16(23-20-11)13-7-5-12(6-8-13)15(22)19-14(10-21)9-17(2,3)4/h5-8,14,21H,9-10H2,1-4H3,(H,19,22). The number of nitrogens with zero attached hydrogens (tertiary/aromatic N) is 2. The Kier molecular flexibility index (Phi) is 5.15. The second-order valence-corrected chi connectivity index (χ2v) is 6.84. The first-order chi connectivity index (χ1) is 10.8. The summed E-state index contributed by atoms with van der Waals surface area (Å²) in [5.41, 5.74) is 1.31. The molecular weight excluding hydrogens is 294 g/mol. The number of hydrogen-bond acceptors (Lipinski definition) is 5. The van der Waals surface area contributed by atoms with Gasteiger partial charge in [-0.15, -0.1) is 0 Å². The van der Waals surface area contributed by atoms with Crippen molar-refractivity contribution in [2.24, 2.45) is 5.41 Å². The Hall–Kier alpha value is -2.21. The van der Waals surface area contributed by atoms with Crippen LogP contribution in [0.2, 0.25) is 0 Å². The first-order valence-electron chi connectivity index (χ1n) is 7.61. The fraction of sp³-hybridized carbons (Fsp3) is 0.471. The molecule has 0 spiro atoms. The van der Waals surface area contributed by atoms with Crippen LogP contribution in [0.3, 0.4) is 0 Å². The number of aromatic nitrogens is 2. The molecule has 6 heteroatoms. The minimum absolute atomic E-state index is 0.0281. The molecule has 2 rings (SSSR count). The van der Waals surface area contributed by atoms with Gasteiger partial charge >= 0.3 is 0 Å². The smallest absolute Gasteiger partial charge is 0.257 e. The van der Waals surface area contributed by atoms with Crippen LogP contribution in [0.1, 0.15) is 43.4 Å². The van der Waals surface area contributed by atoms with Crippen LogP contribution in [0.4, 0.5) is 0 Å². The summed E-state index contributed by atoms with van der Waals surface area (Å²) in [6, 6.07) is 6.67. The normalized spacial score (nSPS) is 12.9. The first-order valence-corrected chi connectivity index (χ1v) is 7.61. The molecule has 124 valence electrons. The summed E-state index contributed by atoms with van der Waals surface area (Å²) in [6.07, 6.45) is 0.703. The molecule has 1 heterocycles. The van der Waals surface area contributed by atoms with E-state index in [0.717, 1.165) is 5.56 Å². The van der Waals surface area contributed by atoms with E-state index in [9.17, 15) is 9.90 Å². The molecule has 2 N–H and O–H groups in total. The van der Waals surface area contributed by atoms with Crippen molar-refractivity contribution in [3.8, 4) is 11.5 Å². The highest BCUT2D eigenvalue weighted by Gasteiger charge is 2.20. The van der Waals surface area contributed by atoms with Gasteiger partial charge in [0.25, 0.3) is 11.8 Å². The Morgan fingerprint density at radius 3 is 2.43 bits per heavy atom. The lowest BCUT2D eigenvalue weighted by Gasteiger charge is -2.25. The van der Waals surface area contributed by atoms with Crippen molar-refractivity contribution in [1.29, 1.82) is 0 Å². The quantitative estimate of drug-likeness (QED) is 0.885. The van der Waals surface area contributed by atoms with Crippen molar-refractivity contribution in [3.05, 3.63) is 35.7 Å². The fourth-order valence-electron chi connectivity index (χ4n) is 2.35. The summed E-state index contributed by atoms with van der Waals surface area (Å²) < 4.78 is 5.09. The van der Waals surface area contributed by atoms with Gasteiger partial charge in [0.2, 0.25) is 0 Å². The predicted octanol–water partition coefficient (Wildman–Crippen LogP) is 2.57. The molecule has 0 aliphatic carbocycles. The van der Waals surface area contributed by atoms with Crippen LogP contribution >= 0.6 is 0 Å². The number of aliphatic hydroxyl groups is 1. The lowest BCUT2D eigenvalue weighted by atomic mass is 9.88. The number of nitrogens with one attached hydrogen (secondary N) is 1. The molecule has 2 aromatic rings.